The van der Waals surface area contributed by atoms with E-state index in [1.165, 1.54) is 6.92 Å². The Kier molecular flexibility index (Phi) is 3.84. The predicted molar refractivity (Wildman–Crippen MR) is 86.5 cm³/mol. The average Bonchev–Trinajstić information content (AvgIpc) is 2.92. The third kappa shape index (κ3) is 2.88. The highest BCUT2D eigenvalue weighted by Crippen LogP contribution is 2.44. The first kappa shape index (κ1) is 13.6. The molecule has 104 valence electrons. The number of esters is 1. The van der Waals surface area contributed by atoms with Gasteiger partial charge in [0.1, 0.15) is 5.75 Å². The summed E-state index contributed by atoms with van der Waals surface area (Å²) >= 11 is 1.59. The van der Waals surface area contributed by atoms with E-state index in [4.69, 9.17) is 4.74 Å². The fourth-order valence-corrected chi connectivity index (χ4v) is 3.25. The van der Waals surface area contributed by atoms with Crippen LogP contribution in [0.4, 0.5) is 0 Å². The van der Waals surface area contributed by atoms with Crippen molar-refractivity contribution >= 4 is 17.3 Å². The van der Waals surface area contributed by atoms with Crippen molar-refractivity contribution in [1.82, 2.24) is 0 Å². The first-order valence-corrected chi connectivity index (χ1v) is 7.54. The van der Waals surface area contributed by atoms with Gasteiger partial charge in [-0.15, -0.1) is 11.3 Å². The summed E-state index contributed by atoms with van der Waals surface area (Å²) in [6.07, 6.45) is 0. The predicted octanol–water partition coefficient (Wildman–Crippen LogP) is 5.01. The van der Waals surface area contributed by atoms with Crippen molar-refractivity contribution in [2.45, 2.75) is 6.92 Å². The Morgan fingerprint density at radius 3 is 2.05 bits per heavy atom. The molecule has 0 aliphatic carbocycles. The van der Waals surface area contributed by atoms with Crippen molar-refractivity contribution in [3.63, 3.8) is 0 Å². The van der Waals surface area contributed by atoms with E-state index in [9.17, 15) is 4.79 Å². The van der Waals surface area contributed by atoms with E-state index in [0.29, 0.717) is 5.75 Å². The van der Waals surface area contributed by atoms with Gasteiger partial charge < -0.3 is 4.74 Å². The monoisotopic (exact) mass is 294 g/mol. The minimum atomic E-state index is -0.301. The number of hydrogen-bond acceptors (Lipinski definition) is 3. The summed E-state index contributed by atoms with van der Waals surface area (Å²) in [7, 11) is 0. The van der Waals surface area contributed by atoms with Crippen LogP contribution in [0.5, 0.6) is 5.75 Å². The molecule has 1 heterocycles. The molecule has 0 bridgehead atoms. The van der Waals surface area contributed by atoms with Crippen LogP contribution in [0.15, 0.2) is 66.0 Å². The molecule has 0 saturated carbocycles. The van der Waals surface area contributed by atoms with Gasteiger partial charge in [0.25, 0.3) is 0 Å². The zero-order valence-electron chi connectivity index (χ0n) is 11.6. The highest BCUT2D eigenvalue weighted by molar-refractivity contribution is 7.14. The van der Waals surface area contributed by atoms with Gasteiger partial charge in [0, 0.05) is 22.7 Å². The van der Waals surface area contributed by atoms with Crippen molar-refractivity contribution in [3.8, 4) is 27.3 Å². The molecule has 3 aromatic rings. The van der Waals surface area contributed by atoms with Crippen LogP contribution in [-0.4, -0.2) is 5.97 Å². The molecule has 0 aliphatic heterocycles. The molecular formula is C18H14O2S. The Balaban J connectivity index is 2.18. The normalized spacial score (nSPS) is 10.3. The third-order valence-electron chi connectivity index (χ3n) is 3.11. The van der Waals surface area contributed by atoms with Crippen LogP contribution in [0.25, 0.3) is 21.6 Å². The minimum Gasteiger partial charge on any atom is -0.425 e. The van der Waals surface area contributed by atoms with E-state index in [-0.39, 0.29) is 5.97 Å². The molecular weight excluding hydrogens is 280 g/mol. The van der Waals surface area contributed by atoms with Crippen LogP contribution < -0.4 is 4.74 Å². The molecule has 2 nitrogen and oxygen atoms in total. The van der Waals surface area contributed by atoms with Crippen LogP contribution >= 0.6 is 11.3 Å². The van der Waals surface area contributed by atoms with Crippen molar-refractivity contribution < 1.29 is 9.53 Å². The number of benzene rings is 2. The fourth-order valence-electron chi connectivity index (χ4n) is 2.25. The number of carbonyl (C=O) groups excluding carboxylic acids is 1. The fraction of sp³-hybridized carbons (Fsp3) is 0.0556. The number of ether oxygens (including phenoxy) is 1. The highest BCUT2D eigenvalue weighted by Gasteiger charge is 2.17. The minimum absolute atomic E-state index is 0.301. The second-order valence-corrected chi connectivity index (χ2v) is 5.51. The maximum atomic E-state index is 11.3. The van der Waals surface area contributed by atoms with Gasteiger partial charge >= 0.3 is 5.97 Å². The molecule has 0 fully saturated rings. The molecule has 0 aliphatic rings. The highest BCUT2D eigenvalue weighted by atomic mass is 32.1. The zero-order valence-corrected chi connectivity index (χ0v) is 12.4. The van der Waals surface area contributed by atoms with Crippen molar-refractivity contribution in [1.29, 1.82) is 0 Å². The van der Waals surface area contributed by atoms with Gasteiger partial charge in [0.2, 0.25) is 0 Å². The summed E-state index contributed by atoms with van der Waals surface area (Å²) in [6.45, 7) is 1.43. The molecule has 1 aromatic heterocycles. The van der Waals surface area contributed by atoms with Gasteiger partial charge in [-0.2, -0.15) is 0 Å². The van der Waals surface area contributed by atoms with Gasteiger partial charge in [-0.05, 0) is 11.1 Å². The molecule has 0 unspecified atom stereocenters. The lowest BCUT2D eigenvalue weighted by Crippen LogP contribution is -2.01. The van der Waals surface area contributed by atoms with Crippen molar-refractivity contribution in [3.05, 3.63) is 66.0 Å². The maximum Gasteiger partial charge on any atom is 0.308 e. The Hall–Kier alpha value is -2.39. The van der Waals surface area contributed by atoms with E-state index in [1.54, 1.807) is 11.3 Å². The molecule has 0 amide bonds. The Morgan fingerprint density at radius 1 is 0.905 bits per heavy atom. The Bertz CT molecular complexity index is 745. The second-order valence-electron chi connectivity index (χ2n) is 4.63. The summed E-state index contributed by atoms with van der Waals surface area (Å²) in [6, 6.07) is 20.1. The van der Waals surface area contributed by atoms with Gasteiger partial charge in [0.05, 0.1) is 0 Å². The standard InChI is InChI=1S/C18H14O2S/c1-13(19)20-16-12-21-18(15-10-6-3-7-11-15)17(16)14-8-4-2-5-9-14/h2-12H,1H3. The van der Waals surface area contributed by atoms with Crippen LogP contribution in [0.2, 0.25) is 0 Å². The van der Waals surface area contributed by atoms with E-state index in [1.807, 2.05) is 53.9 Å². The smallest absolute Gasteiger partial charge is 0.308 e. The second kappa shape index (κ2) is 5.94. The summed E-state index contributed by atoms with van der Waals surface area (Å²) in [4.78, 5) is 12.4. The molecule has 0 radical (unpaired) electrons. The van der Waals surface area contributed by atoms with E-state index in [0.717, 1.165) is 21.6 Å². The molecule has 0 N–H and O–H groups in total. The van der Waals surface area contributed by atoms with E-state index < -0.39 is 0 Å². The maximum absolute atomic E-state index is 11.3. The quantitative estimate of drug-likeness (QED) is 0.635. The van der Waals surface area contributed by atoms with Crippen molar-refractivity contribution in [2.24, 2.45) is 0 Å². The van der Waals surface area contributed by atoms with Crippen LogP contribution in [0.1, 0.15) is 6.92 Å². The average molecular weight is 294 g/mol. The van der Waals surface area contributed by atoms with Gasteiger partial charge in [0.15, 0.2) is 0 Å². The van der Waals surface area contributed by atoms with Gasteiger partial charge in [-0.3, -0.25) is 4.79 Å². The molecule has 21 heavy (non-hydrogen) atoms. The van der Waals surface area contributed by atoms with E-state index >= 15 is 0 Å². The lowest BCUT2D eigenvalue weighted by molar-refractivity contribution is -0.131. The zero-order chi connectivity index (χ0) is 14.7. The third-order valence-corrected chi connectivity index (χ3v) is 4.12. The van der Waals surface area contributed by atoms with E-state index in [2.05, 4.69) is 12.1 Å². The molecule has 3 rings (SSSR count). The number of carbonyl (C=O) groups is 1. The molecule has 0 atom stereocenters. The topological polar surface area (TPSA) is 26.3 Å². The summed E-state index contributed by atoms with van der Waals surface area (Å²) in [5.41, 5.74) is 3.15. The van der Waals surface area contributed by atoms with Crippen LogP contribution in [-0.2, 0) is 4.79 Å². The Morgan fingerprint density at radius 2 is 1.48 bits per heavy atom. The SMILES string of the molecule is CC(=O)Oc1csc(-c2ccccc2)c1-c1ccccc1. The number of rotatable bonds is 3. The van der Waals surface area contributed by atoms with Gasteiger partial charge in [-0.25, -0.2) is 0 Å². The van der Waals surface area contributed by atoms with Crippen LogP contribution in [0, 0.1) is 0 Å². The number of thiophene rings is 1. The number of hydrogen-bond donors (Lipinski definition) is 0. The van der Waals surface area contributed by atoms with Crippen molar-refractivity contribution in [2.75, 3.05) is 0 Å². The first-order valence-electron chi connectivity index (χ1n) is 6.66. The summed E-state index contributed by atoms with van der Waals surface area (Å²) in [5.74, 6) is 0.321. The molecule has 2 aromatic carbocycles. The summed E-state index contributed by atoms with van der Waals surface area (Å²) < 4.78 is 5.37. The Labute approximate surface area is 127 Å². The molecule has 3 heteroatoms. The largest absolute Gasteiger partial charge is 0.425 e. The van der Waals surface area contributed by atoms with Crippen LogP contribution in [0.3, 0.4) is 0 Å². The van der Waals surface area contributed by atoms with Gasteiger partial charge in [-0.1, -0.05) is 60.7 Å². The lowest BCUT2D eigenvalue weighted by atomic mass is 10.0. The first-order chi connectivity index (χ1) is 10.3. The molecule has 0 saturated heterocycles. The molecule has 0 spiro atoms. The summed E-state index contributed by atoms with van der Waals surface area (Å²) in [5, 5.41) is 1.89. The lowest BCUT2D eigenvalue weighted by Gasteiger charge is -2.08.